The molecule has 0 aromatic heterocycles. The van der Waals surface area contributed by atoms with Gasteiger partial charge >= 0.3 is 17.9 Å². The molecular formula is C32H36O8. The standard InChI is InChI=1S/C32H36O8/c1-14-11-19(34)21-15(2)12-20(38-17(4)33)23-25(22(14)21)40-28(36)32(23)13-31-10-9-29(32,5)26(31)24-18(7-8-30(31,6)37)16(3)27(35)39-24/h9-11,18,20,22-26,37H,3,7-8,12-13H2,1-2,4-6H3/t18-,20+,22-,23-,24+,25-,26?,29+,30-,31-,32+/m1/s1. The molecular weight excluding hydrogens is 512 g/mol. The molecule has 8 heteroatoms. The minimum Gasteiger partial charge on any atom is -0.462 e. The first-order chi connectivity index (χ1) is 18.7. The zero-order valence-corrected chi connectivity index (χ0v) is 23.6. The van der Waals surface area contributed by atoms with Crippen molar-refractivity contribution in [1.29, 1.82) is 0 Å². The topological polar surface area (TPSA) is 116 Å². The van der Waals surface area contributed by atoms with Gasteiger partial charge in [-0.1, -0.05) is 36.8 Å². The number of aliphatic hydroxyl groups is 1. The zero-order chi connectivity index (χ0) is 28.7. The Morgan fingerprint density at radius 3 is 2.55 bits per heavy atom. The van der Waals surface area contributed by atoms with Crippen LogP contribution in [0, 0.1) is 39.9 Å². The highest BCUT2D eigenvalue weighted by atomic mass is 16.6. The van der Waals surface area contributed by atoms with Gasteiger partial charge in [0.2, 0.25) is 0 Å². The highest BCUT2D eigenvalue weighted by Crippen LogP contribution is 2.80. The third-order valence-corrected chi connectivity index (χ3v) is 12.1. The van der Waals surface area contributed by atoms with E-state index in [1.807, 2.05) is 39.8 Å². The van der Waals surface area contributed by atoms with Crippen molar-refractivity contribution in [3.63, 3.8) is 0 Å². The van der Waals surface area contributed by atoms with Crippen LogP contribution in [0.5, 0.6) is 0 Å². The maximum absolute atomic E-state index is 14.5. The Morgan fingerprint density at radius 1 is 1.12 bits per heavy atom. The molecule has 7 rings (SSSR count). The van der Waals surface area contributed by atoms with Gasteiger partial charge in [0.15, 0.2) is 5.78 Å². The van der Waals surface area contributed by atoms with E-state index in [0.29, 0.717) is 30.4 Å². The Balaban J connectivity index is 1.45. The molecule has 0 radical (unpaired) electrons. The summed E-state index contributed by atoms with van der Waals surface area (Å²) < 4.78 is 18.4. The molecule has 1 unspecified atom stereocenters. The van der Waals surface area contributed by atoms with Gasteiger partial charge < -0.3 is 19.3 Å². The third-order valence-electron chi connectivity index (χ3n) is 12.1. The summed E-state index contributed by atoms with van der Waals surface area (Å²) >= 11 is 0. The number of esters is 3. The number of carbonyl (C=O) groups is 4. The van der Waals surface area contributed by atoms with Crippen LogP contribution in [0.1, 0.15) is 60.3 Å². The smallest absolute Gasteiger partial charge is 0.334 e. The largest absolute Gasteiger partial charge is 0.462 e. The number of fused-ring (bicyclic) bond motifs is 6. The van der Waals surface area contributed by atoms with Gasteiger partial charge in [0.1, 0.15) is 18.3 Å². The highest BCUT2D eigenvalue weighted by Gasteiger charge is 2.84. The predicted octanol–water partition coefficient (Wildman–Crippen LogP) is 3.54. The molecule has 0 aromatic rings. The van der Waals surface area contributed by atoms with E-state index in [0.717, 1.165) is 11.1 Å². The minimum atomic E-state index is -1.20. The lowest BCUT2D eigenvalue weighted by Gasteiger charge is -2.46. The maximum atomic E-state index is 14.5. The zero-order valence-electron chi connectivity index (χ0n) is 23.6. The maximum Gasteiger partial charge on any atom is 0.334 e. The number of hydrogen-bond acceptors (Lipinski definition) is 8. The van der Waals surface area contributed by atoms with Crippen LogP contribution in [0.15, 0.2) is 47.1 Å². The van der Waals surface area contributed by atoms with Gasteiger partial charge in [-0.3, -0.25) is 14.4 Å². The molecule has 2 heterocycles. The second-order valence-electron chi connectivity index (χ2n) is 13.8. The fourth-order valence-corrected chi connectivity index (χ4v) is 10.4. The van der Waals surface area contributed by atoms with Gasteiger partial charge in [-0.05, 0) is 46.1 Å². The van der Waals surface area contributed by atoms with E-state index >= 15 is 0 Å². The average Bonchev–Trinajstić information content (AvgIpc) is 3.53. The lowest BCUT2D eigenvalue weighted by molar-refractivity contribution is -0.160. The van der Waals surface area contributed by atoms with Crippen molar-refractivity contribution in [1.82, 2.24) is 0 Å². The van der Waals surface area contributed by atoms with Crippen molar-refractivity contribution >= 4 is 23.7 Å². The van der Waals surface area contributed by atoms with Gasteiger partial charge in [0.05, 0.1) is 16.9 Å². The molecule has 2 saturated carbocycles. The van der Waals surface area contributed by atoms with E-state index in [4.69, 9.17) is 14.2 Å². The molecule has 5 aliphatic carbocycles. The van der Waals surface area contributed by atoms with Crippen LogP contribution in [-0.4, -0.2) is 52.7 Å². The first-order valence-electron chi connectivity index (χ1n) is 14.3. The van der Waals surface area contributed by atoms with E-state index in [9.17, 15) is 24.3 Å². The van der Waals surface area contributed by atoms with Crippen LogP contribution in [0.3, 0.4) is 0 Å². The summed E-state index contributed by atoms with van der Waals surface area (Å²) in [5.41, 5.74) is -1.46. The third kappa shape index (κ3) is 2.72. The van der Waals surface area contributed by atoms with Crippen molar-refractivity contribution in [2.45, 2.75) is 84.2 Å². The van der Waals surface area contributed by atoms with Crippen molar-refractivity contribution in [2.24, 2.45) is 39.9 Å². The molecule has 2 saturated heterocycles. The number of allylic oxidation sites excluding steroid dienone is 2. The number of carbonyl (C=O) groups excluding carboxylic acids is 4. The SMILES string of the molecule is C=C1C(=O)O[C@@H]2C3[C@]4(C)C=C[C@]3(C[C@]43C(=O)O[C@@H]4[C@@H]5C(C)=CC(=O)C5=C(C)C[C@H](OC(C)=O)[C@H]43)[C@](C)(O)CC[C@H]12. The summed E-state index contributed by atoms with van der Waals surface area (Å²) in [5, 5.41) is 12.2. The number of hydrogen-bond donors (Lipinski definition) is 1. The van der Waals surface area contributed by atoms with Crippen LogP contribution in [0.4, 0.5) is 0 Å². The van der Waals surface area contributed by atoms with Crippen LogP contribution >= 0.6 is 0 Å². The van der Waals surface area contributed by atoms with E-state index < -0.39 is 75.8 Å². The number of ketones is 1. The average molecular weight is 549 g/mol. The Bertz CT molecular complexity index is 1410. The fourth-order valence-electron chi connectivity index (χ4n) is 10.4. The second-order valence-corrected chi connectivity index (χ2v) is 13.8. The Labute approximate surface area is 233 Å². The molecule has 40 heavy (non-hydrogen) atoms. The molecule has 4 fully saturated rings. The quantitative estimate of drug-likeness (QED) is 0.229. The molecule has 212 valence electrons. The van der Waals surface area contributed by atoms with Crippen molar-refractivity contribution in [3.8, 4) is 0 Å². The summed E-state index contributed by atoms with van der Waals surface area (Å²) in [5.74, 6) is -3.06. The van der Waals surface area contributed by atoms with E-state index in [1.54, 1.807) is 6.08 Å². The monoisotopic (exact) mass is 548 g/mol. The minimum absolute atomic E-state index is 0.0934. The lowest BCUT2D eigenvalue weighted by Crippen LogP contribution is -2.53. The second kappa shape index (κ2) is 7.64. The molecule has 1 spiro atoms. The van der Waals surface area contributed by atoms with Gasteiger partial charge in [0, 0.05) is 53.1 Å². The van der Waals surface area contributed by atoms with Gasteiger partial charge in [-0.2, -0.15) is 0 Å². The Morgan fingerprint density at radius 2 is 1.85 bits per heavy atom. The van der Waals surface area contributed by atoms with Gasteiger partial charge in [-0.25, -0.2) is 4.79 Å². The summed E-state index contributed by atoms with van der Waals surface area (Å²) in [6, 6.07) is 0. The van der Waals surface area contributed by atoms with Gasteiger partial charge in [0.25, 0.3) is 0 Å². The van der Waals surface area contributed by atoms with Crippen LogP contribution < -0.4 is 0 Å². The van der Waals surface area contributed by atoms with E-state index in [1.165, 1.54) is 6.92 Å². The molecule has 11 atom stereocenters. The Kier molecular flexibility index (Phi) is 4.95. The number of rotatable bonds is 1. The highest BCUT2D eigenvalue weighted by molar-refractivity contribution is 6.09. The summed E-state index contributed by atoms with van der Waals surface area (Å²) in [6.45, 7) is 13.0. The molecule has 0 aromatic carbocycles. The van der Waals surface area contributed by atoms with E-state index in [2.05, 4.69) is 6.58 Å². The molecule has 1 N–H and O–H groups in total. The molecule has 2 bridgehead atoms. The summed E-state index contributed by atoms with van der Waals surface area (Å²) in [7, 11) is 0. The number of ether oxygens (including phenoxy) is 3. The molecule has 2 aliphatic heterocycles. The Hall–Kier alpha value is -3.00. The first kappa shape index (κ1) is 25.9. The molecule has 8 nitrogen and oxygen atoms in total. The molecule has 7 aliphatic rings. The molecule has 0 amide bonds. The summed E-state index contributed by atoms with van der Waals surface area (Å²) in [6.07, 6.45) is 5.27. The summed E-state index contributed by atoms with van der Waals surface area (Å²) in [4.78, 5) is 52.9. The van der Waals surface area contributed by atoms with Gasteiger partial charge in [-0.15, -0.1) is 0 Å². The van der Waals surface area contributed by atoms with E-state index in [-0.39, 0.29) is 18.1 Å². The van der Waals surface area contributed by atoms with Crippen molar-refractivity contribution < 1.29 is 38.5 Å². The van der Waals surface area contributed by atoms with Crippen molar-refractivity contribution in [2.75, 3.05) is 0 Å². The van der Waals surface area contributed by atoms with Crippen LogP contribution in [-0.2, 0) is 33.4 Å². The van der Waals surface area contributed by atoms with Crippen LogP contribution in [0.2, 0.25) is 0 Å². The van der Waals surface area contributed by atoms with Crippen LogP contribution in [0.25, 0.3) is 0 Å². The first-order valence-corrected chi connectivity index (χ1v) is 14.3. The normalized spacial score (nSPS) is 50.1. The van der Waals surface area contributed by atoms with Crippen molar-refractivity contribution in [3.05, 3.63) is 47.1 Å². The lowest BCUT2D eigenvalue weighted by atomic mass is 9.54. The fraction of sp³-hybridized carbons (Fsp3) is 0.625. The predicted molar refractivity (Wildman–Crippen MR) is 141 cm³/mol.